The average molecular weight is 258 g/mol. The number of rotatable bonds is 3. The van der Waals surface area contributed by atoms with Crippen molar-refractivity contribution in [3.05, 3.63) is 33.8 Å². The quantitative estimate of drug-likeness (QED) is 0.882. The molecular formula is C12H13Cl2NO. The molecule has 0 aromatic heterocycles. The van der Waals surface area contributed by atoms with Crippen molar-refractivity contribution in [2.75, 3.05) is 0 Å². The highest BCUT2D eigenvalue weighted by atomic mass is 35.5. The second kappa shape index (κ2) is 4.64. The normalized spacial score (nSPS) is 16.9. The van der Waals surface area contributed by atoms with E-state index in [0.717, 1.165) is 18.4 Å². The van der Waals surface area contributed by atoms with Crippen LogP contribution in [0.2, 0.25) is 10.0 Å². The molecule has 16 heavy (non-hydrogen) atoms. The Hall–Kier alpha value is -0.730. The molecule has 1 N–H and O–H groups in total. The van der Waals surface area contributed by atoms with Crippen LogP contribution in [0.5, 0.6) is 0 Å². The molecule has 0 heterocycles. The molecule has 1 aliphatic rings. The molecule has 1 aliphatic carbocycles. The minimum absolute atomic E-state index is 0.0251. The number of carbonyl (C=O) groups excluding carboxylic acids is 1. The third-order valence-electron chi connectivity index (χ3n) is 2.75. The van der Waals surface area contributed by atoms with Gasteiger partial charge in [0.05, 0.1) is 16.1 Å². The SMILES string of the molecule is C[C@H](NC(=O)C1CC1)c1ccc(Cl)c(Cl)c1. The van der Waals surface area contributed by atoms with E-state index in [9.17, 15) is 4.79 Å². The van der Waals surface area contributed by atoms with Crippen LogP contribution in [0.4, 0.5) is 0 Å². The van der Waals surface area contributed by atoms with E-state index in [0.29, 0.717) is 10.0 Å². The summed E-state index contributed by atoms with van der Waals surface area (Å²) in [5.74, 6) is 0.365. The highest BCUT2D eigenvalue weighted by molar-refractivity contribution is 6.42. The Morgan fingerprint density at radius 3 is 2.62 bits per heavy atom. The summed E-state index contributed by atoms with van der Waals surface area (Å²) < 4.78 is 0. The molecule has 2 nitrogen and oxygen atoms in total. The van der Waals surface area contributed by atoms with Gasteiger partial charge in [0, 0.05) is 5.92 Å². The summed E-state index contributed by atoms with van der Waals surface area (Å²) in [5, 5.41) is 4.02. The Kier molecular flexibility index (Phi) is 3.41. The highest BCUT2D eigenvalue weighted by Gasteiger charge is 2.30. The molecule has 0 spiro atoms. The van der Waals surface area contributed by atoms with Crippen LogP contribution in [0.3, 0.4) is 0 Å². The maximum atomic E-state index is 11.6. The van der Waals surface area contributed by atoms with Gasteiger partial charge in [0.1, 0.15) is 0 Å². The first kappa shape index (κ1) is 11.7. The van der Waals surface area contributed by atoms with Gasteiger partial charge in [-0.15, -0.1) is 0 Å². The van der Waals surface area contributed by atoms with Gasteiger partial charge in [-0.2, -0.15) is 0 Å². The molecule has 1 aromatic rings. The maximum absolute atomic E-state index is 11.6. The molecule has 86 valence electrons. The van der Waals surface area contributed by atoms with Gasteiger partial charge in [-0.1, -0.05) is 29.3 Å². The van der Waals surface area contributed by atoms with Crippen LogP contribution >= 0.6 is 23.2 Å². The third-order valence-corrected chi connectivity index (χ3v) is 3.49. The summed E-state index contributed by atoms with van der Waals surface area (Å²) in [6, 6.07) is 5.40. The summed E-state index contributed by atoms with van der Waals surface area (Å²) in [6.07, 6.45) is 2.03. The molecule has 0 saturated heterocycles. The molecule has 0 bridgehead atoms. The Labute approximate surface area is 105 Å². The van der Waals surface area contributed by atoms with Gasteiger partial charge in [0.2, 0.25) is 5.91 Å². The molecule has 1 atom stereocenters. The second-order valence-electron chi connectivity index (χ2n) is 4.18. The molecule has 1 saturated carbocycles. The fraction of sp³-hybridized carbons (Fsp3) is 0.417. The number of amides is 1. The second-order valence-corrected chi connectivity index (χ2v) is 4.99. The van der Waals surface area contributed by atoms with Gasteiger partial charge in [0.15, 0.2) is 0 Å². The Bertz CT molecular complexity index is 415. The standard InChI is InChI=1S/C12H13Cl2NO/c1-7(15-12(16)8-2-3-8)9-4-5-10(13)11(14)6-9/h4-8H,2-3H2,1H3,(H,15,16)/t7-/m0/s1. The lowest BCUT2D eigenvalue weighted by molar-refractivity contribution is -0.122. The topological polar surface area (TPSA) is 29.1 Å². The number of carbonyl (C=O) groups is 1. The molecule has 2 rings (SSSR count). The molecule has 0 radical (unpaired) electrons. The van der Waals surface area contributed by atoms with E-state index >= 15 is 0 Å². The van der Waals surface area contributed by atoms with Crippen molar-refractivity contribution in [3.63, 3.8) is 0 Å². The van der Waals surface area contributed by atoms with E-state index in [-0.39, 0.29) is 17.9 Å². The van der Waals surface area contributed by atoms with E-state index in [1.165, 1.54) is 0 Å². The van der Waals surface area contributed by atoms with Crippen molar-refractivity contribution in [2.45, 2.75) is 25.8 Å². The number of nitrogens with one attached hydrogen (secondary N) is 1. The van der Waals surface area contributed by atoms with Crippen LogP contribution in [0.25, 0.3) is 0 Å². The molecule has 0 unspecified atom stereocenters. The van der Waals surface area contributed by atoms with Gasteiger partial charge >= 0.3 is 0 Å². The van der Waals surface area contributed by atoms with Crippen LogP contribution in [0.15, 0.2) is 18.2 Å². The van der Waals surface area contributed by atoms with Gasteiger partial charge in [0.25, 0.3) is 0 Å². The predicted molar refractivity (Wildman–Crippen MR) is 65.7 cm³/mol. The number of hydrogen-bond donors (Lipinski definition) is 1. The average Bonchev–Trinajstić information content (AvgIpc) is 3.05. The number of benzene rings is 1. The fourth-order valence-electron chi connectivity index (χ4n) is 1.54. The molecule has 1 amide bonds. The third kappa shape index (κ3) is 2.69. The van der Waals surface area contributed by atoms with Gasteiger partial charge in [-0.25, -0.2) is 0 Å². The van der Waals surface area contributed by atoms with Crippen LogP contribution in [0.1, 0.15) is 31.4 Å². The van der Waals surface area contributed by atoms with Crippen molar-refractivity contribution in [3.8, 4) is 0 Å². The Morgan fingerprint density at radius 2 is 2.06 bits per heavy atom. The zero-order valence-electron chi connectivity index (χ0n) is 8.97. The van der Waals surface area contributed by atoms with Crippen molar-refractivity contribution in [1.29, 1.82) is 0 Å². The van der Waals surface area contributed by atoms with Crippen molar-refractivity contribution in [2.24, 2.45) is 5.92 Å². The van der Waals surface area contributed by atoms with Gasteiger partial charge in [-0.3, -0.25) is 4.79 Å². The first-order valence-electron chi connectivity index (χ1n) is 5.33. The summed E-state index contributed by atoms with van der Waals surface area (Å²) in [4.78, 5) is 11.6. The summed E-state index contributed by atoms with van der Waals surface area (Å²) in [5.41, 5.74) is 0.975. The molecule has 1 fully saturated rings. The largest absolute Gasteiger partial charge is 0.349 e. The van der Waals surface area contributed by atoms with Crippen molar-refractivity contribution >= 4 is 29.1 Å². The zero-order valence-corrected chi connectivity index (χ0v) is 10.5. The van der Waals surface area contributed by atoms with Crippen LogP contribution < -0.4 is 5.32 Å². The minimum Gasteiger partial charge on any atom is -0.349 e. The lowest BCUT2D eigenvalue weighted by Crippen LogP contribution is -2.27. The van der Waals surface area contributed by atoms with E-state index < -0.39 is 0 Å². The number of hydrogen-bond acceptors (Lipinski definition) is 1. The van der Waals surface area contributed by atoms with Crippen LogP contribution in [-0.2, 0) is 4.79 Å². The maximum Gasteiger partial charge on any atom is 0.223 e. The van der Waals surface area contributed by atoms with Crippen LogP contribution in [0, 0.1) is 5.92 Å². The molecule has 0 aliphatic heterocycles. The van der Waals surface area contributed by atoms with E-state index in [1.54, 1.807) is 12.1 Å². The summed E-state index contributed by atoms with van der Waals surface area (Å²) >= 11 is 11.8. The van der Waals surface area contributed by atoms with E-state index in [1.807, 2.05) is 13.0 Å². The Morgan fingerprint density at radius 1 is 1.38 bits per heavy atom. The first-order chi connectivity index (χ1) is 7.58. The lowest BCUT2D eigenvalue weighted by Gasteiger charge is -2.14. The Balaban J connectivity index is 2.04. The monoisotopic (exact) mass is 257 g/mol. The predicted octanol–water partition coefficient (Wildman–Crippen LogP) is 3.58. The fourth-order valence-corrected chi connectivity index (χ4v) is 1.85. The van der Waals surface area contributed by atoms with Crippen molar-refractivity contribution < 1.29 is 4.79 Å². The van der Waals surface area contributed by atoms with Crippen molar-refractivity contribution in [1.82, 2.24) is 5.32 Å². The summed E-state index contributed by atoms with van der Waals surface area (Å²) in [7, 11) is 0. The molecular weight excluding hydrogens is 245 g/mol. The smallest absolute Gasteiger partial charge is 0.223 e. The first-order valence-corrected chi connectivity index (χ1v) is 6.09. The lowest BCUT2D eigenvalue weighted by atomic mass is 10.1. The molecule has 1 aromatic carbocycles. The zero-order chi connectivity index (χ0) is 11.7. The highest BCUT2D eigenvalue weighted by Crippen LogP contribution is 2.30. The number of halogens is 2. The van der Waals surface area contributed by atoms with Gasteiger partial charge in [-0.05, 0) is 37.5 Å². The van der Waals surface area contributed by atoms with E-state index in [2.05, 4.69) is 5.32 Å². The molecule has 4 heteroatoms. The van der Waals surface area contributed by atoms with Crippen LogP contribution in [-0.4, -0.2) is 5.91 Å². The minimum atomic E-state index is -0.0251. The van der Waals surface area contributed by atoms with Gasteiger partial charge < -0.3 is 5.32 Å². The summed E-state index contributed by atoms with van der Waals surface area (Å²) in [6.45, 7) is 1.94. The van der Waals surface area contributed by atoms with E-state index in [4.69, 9.17) is 23.2 Å².